The summed E-state index contributed by atoms with van der Waals surface area (Å²) in [5.74, 6) is -2.37. The van der Waals surface area contributed by atoms with Crippen molar-refractivity contribution in [1.82, 2.24) is 0 Å². The summed E-state index contributed by atoms with van der Waals surface area (Å²) >= 11 is 14.1. The maximum Gasteiger partial charge on any atom is 0.255 e. The van der Waals surface area contributed by atoms with Gasteiger partial charge in [0.1, 0.15) is 0 Å². The van der Waals surface area contributed by atoms with Crippen molar-refractivity contribution in [3.8, 4) is 0 Å². The molecule has 2 nitrogen and oxygen atoms in total. The first-order valence-electron chi connectivity index (χ1n) is 8.29. The minimum absolute atomic E-state index is 0.193. The van der Waals surface area contributed by atoms with Crippen molar-refractivity contribution in [2.75, 3.05) is 5.32 Å². The molecule has 0 unspecified atom stereocenters. The van der Waals surface area contributed by atoms with Crippen LogP contribution in [0.4, 0.5) is 14.5 Å². The minimum Gasteiger partial charge on any atom is -0.322 e. The van der Waals surface area contributed by atoms with Gasteiger partial charge in [0, 0.05) is 32.8 Å². The molecule has 0 aliphatic heterocycles. The van der Waals surface area contributed by atoms with Crippen molar-refractivity contribution in [2.24, 2.45) is 0 Å². The zero-order chi connectivity index (χ0) is 18.7. The number of nitrogens with one attached hydrogen (secondary N) is 1. The Bertz CT molecular complexity index is 810. The lowest BCUT2D eigenvalue weighted by molar-refractivity contribution is 0.102. The van der Waals surface area contributed by atoms with Crippen molar-refractivity contribution in [3.63, 3.8) is 0 Å². The summed E-state index contributed by atoms with van der Waals surface area (Å²) in [7, 11) is 0. The second kappa shape index (κ2) is 8.59. The molecule has 1 aliphatic carbocycles. The molecule has 1 amide bonds. The number of halogens is 4. The summed E-state index contributed by atoms with van der Waals surface area (Å²) in [6.07, 6.45) is 3.99. The molecule has 1 saturated carbocycles. The fraction of sp³-hybridized carbons (Fsp3) is 0.316. The average Bonchev–Trinajstić information content (AvgIpc) is 2.62. The van der Waals surface area contributed by atoms with E-state index < -0.39 is 17.5 Å². The molecule has 1 N–H and O–H groups in total. The third kappa shape index (κ3) is 4.90. The van der Waals surface area contributed by atoms with Crippen LogP contribution in [-0.2, 0) is 0 Å². The molecule has 0 radical (unpaired) electrons. The van der Waals surface area contributed by atoms with Gasteiger partial charge in [0.2, 0.25) is 0 Å². The number of amides is 1. The number of thioether (sulfide) groups is 1. The van der Waals surface area contributed by atoms with Gasteiger partial charge < -0.3 is 5.32 Å². The van der Waals surface area contributed by atoms with Gasteiger partial charge in [0.05, 0.1) is 5.02 Å². The normalized spacial score (nSPS) is 20.0. The maximum absolute atomic E-state index is 13.3. The molecule has 0 atom stereocenters. The molecule has 1 aliphatic rings. The van der Waals surface area contributed by atoms with Gasteiger partial charge in [-0.15, -0.1) is 23.4 Å². The average molecular weight is 416 g/mol. The summed E-state index contributed by atoms with van der Waals surface area (Å²) in [5.41, 5.74) is 0.603. The third-order valence-electron chi connectivity index (χ3n) is 4.27. The van der Waals surface area contributed by atoms with E-state index in [1.807, 2.05) is 0 Å². The Morgan fingerprint density at radius 2 is 1.77 bits per heavy atom. The Balaban J connectivity index is 1.71. The molecule has 26 heavy (non-hydrogen) atoms. The Labute approximate surface area is 165 Å². The van der Waals surface area contributed by atoms with E-state index in [4.69, 9.17) is 23.2 Å². The molecule has 0 spiro atoms. The van der Waals surface area contributed by atoms with Gasteiger partial charge in [-0.2, -0.15) is 0 Å². The molecule has 3 rings (SSSR count). The van der Waals surface area contributed by atoms with E-state index in [0.717, 1.165) is 42.7 Å². The van der Waals surface area contributed by atoms with Crippen LogP contribution in [0, 0.1) is 11.6 Å². The van der Waals surface area contributed by atoms with Crippen molar-refractivity contribution < 1.29 is 13.6 Å². The quantitative estimate of drug-likeness (QED) is 0.576. The van der Waals surface area contributed by atoms with Crippen LogP contribution in [0.25, 0.3) is 0 Å². The molecule has 138 valence electrons. The second-order valence-electron chi connectivity index (χ2n) is 6.22. The van der Waals surface area contributed by atoms with E-state index in [1.165, 1.54) is 6.07 Å². The van der Waals surface area contributed by atoms with E-state index in [9.17, 15) is 13.6 Å². The maximum atomic E-state index is 13.3. The van der Waals surface area contributed by atoms with Gasteiger partial charge in [-0.3, -0.25) is 4.79 Å². The van der Waals surface area contributed by atoms with E-state index in [2.05, 4.69) is 5.32 Å². The Morgan fingerprint density at radius 3 is 2.46 bits per heavy atom. The number of alkyl halides is 1. The summed E-state index contributed by atoms with van der Waals surface area (Å²) in [4.78, 5) is 13.2. The van der Waals surface area contributed by atoms with E-state index in [1.54, 1.807) is 30.0 Å². The summed E-state index contributed by atoms with van der Waals surface area (Å²) in [6.45, 7) is 0. The highest BCUT2D eigenvalue weighted by atomic mass is 35.5. The van der Waals surface area contributed by atoms with E-state index in [0.29, 0.717) is 15.8 Å². The second-order valence-corrected chi connectivity index (χ2v) is 8.59. The molecule has 0 heterocycles. The van der Waals surface area contributed by atoms with Crippen molar-refractivity contribution in [2.45, 2.75) is 41.2 Å². The van der Waals surface area contributed by atoms with Gasteiger partial charge in [0.25, 0.3) is 5.91 Å². The summed E-state index contributed by atoms with van der Waals surface area (Å²) < 4.78 is 26.3. The molecular formula is C19H17Cl2F2NOS. The zero-order valence-corrected chi connectivity index (χ0v) is 16.1. The first-order chi connectivity index (χ1) is 12.4. The summed E-state index contributed by atoms with van der Waals surface area (Å²) in [6, 6.07) is 8.25. The number of hydrogen-bond donors (Lipinski definition) is 1. The van der Waals surface area contributed by atoms with Crippen molar-refractivity contribution in [1.29, 1.82) is 0 Å². The van der Waals surface area contributed by atoms with Crippen LogP contribution in [0.15, 0.2) is 41.3 Å². The number of hydrogen-bond acceptors (Lipinski definition) is 2. The minimum atomic E-state index is -1.01. The topological polar surface area (TPSA) is 29.1 Å². The number of anilines is 1. The highest BCUT2D eigenvalue weighted by Crippen LogP contribution is 2.38. The molecule has 0 saturated heterocycles. The lowest BCUT2D eigenvalue weighted by atomic mass is 10.00. The predicted octanol–water partition coefficient (Wildman–Crippen LogP) is 6.51. The lowest BCUT2D eigenvalue weighted by Crippen LogP contribution is -2.16. The Hall–Kier alpha value is -1.30. The van der Waals surface area contributed by atoms with Crippen LogP contribution < -0.4 is 5.32 Å². The standard InChI is InChI=1S/C19H17Cl2F2NOS/c20-12-2-5-14(6-3-12)26-18-9-11(1-7-15(18)21)19(25)24-13-4-8-16(22)17(23)10-13/h1,4,7-10,12,14H,2-3,5-6H2,(H,24,25). The number of rotatable bonds is 4. The van der Waals surface area contributed by atoms with E-state index >= 15 is 0 Å². The molecule has 1 fully saturated rings. The largest absolute Gasteiger partial charge is 0.322 e. The molecule has 0 aromatic heterocycles. The fourth-order valence-electron chi connectivity index (χ4n) is 2.83. The molecule has 2 aromatic rings. The molecule has 7 heteroatoms. The van der Waals surface area contributed by atoms with Gasteiger partial charge in [0.15, 0.2) is 11.6 Å². The first kappa shape index (κ1) is 19.5. The molecule has 0 bridgehead atoms. The van der Waals surface area contributed by atoms with Crippen LogP contribution >= 0.6 is 35.0 Å². The van der Waals surface area contributed by atoms with Crippen LogP contribution in [0.3, 0.4) is 0 Å². The molecular weight excluding hydrogens is 399 g/mol. The number of carbonyl (C=O) groups excluding carboxylic acids is 1. The monoisotopic (exact) mass is 415 g/mol. The fourth-order valence-corrected chi connectivity index (χ4v) is 4.58. The van der Waals surface area contributed by atoms with Crippen molar-refractivity contribution >= 4 is 46.6 Å². The van der Waals surface area contributed by atoms with Crippen LogP contribution in [0.1, 0.15) is 36.0 Å². The third-order valence-corrected chi connectivity index (χ3v) is 6.54. The highest BCUT2D eigenvalue weighted by molar-refractivity contribution is 8.00. The number of carbonyl (C=O) groups is 1. The Morgan fingerprint density at radius 1 is 1.04 bits per heavy atom. The number of benzene rings is 2. The van der Waals surface area contributed by atoms with Crippen LogP contribution in [-0.4, -0.2) is 16.5 Å². The van der Waals surface area contributed by atoms with Gasteiger partial charge in [-0.25, -0.2) is 8.78 Å². The van der Waals surface area contributed by atoms with Gasteiger partial charge in [-0.1, -0.05) is 11.6 Å². The highest BCUT2D eigenvalue weighted by Gasteiger charge is 2.21. The van der Waals surface area contributed by atoms with Gasteiger partial charge >= 0.3 is 0 Å². The lowest BCUT2D eigenvalue weighted by Gasteiger charge is -2.24. The van der Waals surface area contributed by atoms with Crippen molar-refractivity contribution in [3.05, 3.63) is 58.6 Å². The zero-order valence-electron chi connectivity index (χ0n) is 13.8. The van der Waals surface area contributed by atoms with Crippen LogP contribution in [0.2, 0.25) is 5.02 Å². The SMILES string of the molecule is O=C(Nc1ccc(F)c(F)c1)c1ccc(Cl)c(SC2CCC(Cl)CC2)c1. The molecule has 2 aromatic carbocycles. The van der Waals surface area contributed by atoms with Crippen LogP contribution in [0.5, 0.6) is 0 Å². The van der Waals surface area contributed by atoms with Gasteiger partial charge in [-0.05, 0) is 56.0 Å². The summed E-state index contributed by atoms with van der Waals surface area (Å²) in [5, 5.41) is 3.83. The van der Waals surface area contributed by atoms with E-state index in [-0.39, 0.29) is 11.1 Å². The smallest absolute Gasteiger partial charge is 0.255 e. The predicted molar refractivity (Wildman–Crippen MR) is 104 cm³/mol. The first-order valence-corrected chi connectivity index (χ1v) is 9.98. The Kier molecular flexibility index (Phi) is 6.43.